The highest BCUT2D eigenvalue weighted by molar-refractivity contribution is 9.10. The highest BCUT2D eigenvalue weighted by atomic mass is 79.9. The maximum Gasteiger partial charge on any atom is 0.410 e. The van der Waals surface area contributed by atoms with Gasteiger partial charge in [0, 0.05) is 35.2 Å². The number of benzene rings is 1. The number of likely N-dealkylation sites (tertiary alicyclic amines) is 1. The van der Waals surface area contributed by atoms with Crippen LogP contribution in [0.3, 0.4) is 0 Å². The summed E-state index contributed by atoms with van der Waals surface area (Å²) in [6.45, 7) is 6.96. The molecule has 1 fully saturated rings. The van der Waals surface area contributed by atoms with Crippen LogP contribution in [-0.2, 0) is 4.74 Å². The van der Waals surface area contributed by atoms with Crippen molar-refractivity contribution in [2.75, 3.05) is 18.4 Å². The highest BCUT2D eigenvalue weighted by Gasteiger charge is 2.27. The van der Waals surface area contributed by atoms with Gasteiger partial charge in [0.2, 0.25) is 5.95 Å². The van der Waals surface area contributed by atoms with Crippen LogP contribution in [0.5, 0.6) is 0 Å². The number of amides is 1. The summed E-state index contributed by atoms with van der Waals surface area (Å²) in [5.74, 6) is 0.589. The summed E-state index contributed by atoms with van der Waals surface area (Å²) in [7, 11) is 0. The third kappa shape index (κ3) is 4.81. The third-order valence-electron chi connectivity index (χ3n) is 3.95. The lowest BCUT2D eigenvalue weighted by Crippen LogP contribution is -2.47. The summed E-state index contributed by atoms with van der Waals surface area (Å²) in [5.41, 5.74) is 0.410. The molecule has 2 heterocycles. The van der Waals surface area contributed by atoms with Crippen LogP contribution in [0.2, 0.25) is 0 Å². The van der Waals surface area contributed by atoms with E-state index in [1.807, 2.05) is 45.2 Å². The average molecular weight is 407 g/mol. The van der Waals surface area contributed by atoms with Crippen molar-refractivity contribution in [3.8, 4) is 0 Å². The van der Waals surface area contributed by atoms with Gasteiger partial charge in [0.15, 0.2) is 0 Å². The fraction of sp³-hybridized carbons (Fsp3) is 0.500. The lowest BCUT2D eigenvalue weighted by Gasteiger charge is -2.34. The van der Waals surface area contributed by atoms with Crippen LogP contribution in [0.25, 0.3) is 10.9 Å². The molecular formula is C18H23BrN4O2. The first kappa shape index (κ1) is 17.9. The quantitative estimate of drug-likeness (QED) is 0.808. The van der Waals surface area contributed by atoms with E-state index in [9.17, 15) is 4.79 Å². The van der Waals surface area contributed by atoms with Gasteiger partial charge in [0.1, 0.15) is 5.60 Å². The van der Waals surface area contributed by atoms with Crippen molar-refractivity contribution in [3.05, 3.63) is 28.9 Å². The van der Waals surface area contributed by atoms with Crippen LogP contribution < -0.4 is 5.32 Å². The molecule has 2 aromatic rings. The molecule has 0 bridgehead atoms. The number of carbonyl (C=O) groups is 1. The Morgan fingerprint density at radius 2 is 2.20 bits per heavy atom. The molecule has 1 atom stereocenters. The second-order valence-corrected chi connectivity index (χ2v) is 8.22. The van der Waals surface area contributed by atoms with E-state index >= 15 is 0 Å². The Morgan fingerprint density at radius 1 is 1.40 bits per heavy atom. The van der Waals surface area contributed by atoms with Crippen molar-refractivity contribution in [1.82, 2.24) is 14.9 Å². The summed E-state index contributed by atoms with van der Waals surface area (Å²) in [4.78, 5) is 23.0. The van der Waals surface area contributed by atoms with Gasteiger partial charge in [0.05, 0.1) is 5.52 Å². The molecule has 0 saturated carbocycles. The van der Waals surface area contributed by atoms with Crippen LogP contribution in [0.15, 0.2) is 28.9 Å². The van der Waals surface area contributed by atoms with E-state index in [1.54, 1.807) is 4.90 Å². The van der Waals surface area contributed by atoms with E-state index in [1.165, 1.54) is 0 Å². The Balaban J connectivity index is 1.66. The summed E-state index contributed by atoms with van der Waals surface area (Å²) in [6, 6.07) is 6.03. The average Bonchev–Trinajstić information content (AvgIpc) is 2.54. The first-order chi connectivity index (χ1) is 11.8. The fourth-order valence-electron chi connectivity index (χ4n) is 2.84. The summed E-state index contributed by atoms with van der Waals surface area (Å²) in [6.07, 6.45) is 3.45. The molecule has 0 spiro atoms. The number of fused-ring (bicyclic) bond motifs is 1. The predicted molar refractivity (Wildman–Crippen MR) is 102 cm³/mol. The van der Waals surface area contributed by atoms with Crippen LogP contribution in [0.4, 0.5) is 10.7 Å². The number of carbonyl (C=O) groups excluding carboxylic acids is 1. The van der Waals surface area contributed by atoms with Crippen molar-refractivity contribution in [3.63, 3.8) is 0 Å². The van der Waals surface area contributed by atoms with E-state index in [0.29, 0.717) is 12.5 Å². The molecular weight excluding hydrogens is 384 g/mol. The SMILES string of the molecule is CC(C)(C)OC(=O)N1CCCC(Nc2ncc3cc(Br)ccc3n2)C1. The Kier molecular flexibility index (Phi) is 5.13. The van der Waals surface area contributed by atoms with Gasteiger partial charge in [-0.05, 0) is 51.8 Å². The third-order valence-corrected chi connectivity index (χ3v) is 4.44. The normalized spacial score (nSPS) is 18.2. The Labute approximate surface area is 156 Å². The molecule has 0 aliphatic carbocycles. The number of ether oxygens (including phenoxy) is 1. The fourth-order valence-corrected chi connectivity index (χ4v) is 3.22. The monoisotopic (exact) mass is 406 g/mol. The standard InChI is InChI=1S/C18H23BrN4O2/c1-18(2,3)25-17(24)23-8-4-5-14(11-23)21-16-20-10-12-9-13(19)6-7-15(12)22-16/h6-7,9-10,14H,4-5,8,11H2,1-3H3,(H,20,21,22). The van der Waals surface area contributed by atoms with Crippen molar-refractivity contribution in [2.24, 2.45) is 0 Å². The molecule has 0 radical (unpaired) electrons. The first-order valence-corrected chi connectivity index (χ1v) is 9.26. The van der Waals surface area contributed by atoms with Gasteiger partial charge in [-0.3, -0.25) is 0 Å². The Hall–Kier alpha value is -1.89. The largest absolute Gasteiger partial charge is 0.444 e. The first-order valence-electron chi connectivity index (χ1n) is 8.47. The van der Waals surface area contributed by atoms with Gasteiger partial charge in [-0.15, -0.1) is 0 Å². The minimum Gasteiger partial charge on any atom is -0.444 e. The van der Waals surface area contributed by atoms with Gasteiger partial charge >= 0.3 is 6.09 Å². The van der Waals surface area contributed by atoms with Crippen molar-refractivity contribution in [1.29, 1.82) is 0 Å². The minimum atomic E-state index is -0.479. The van der Waals surface area contributed by atoms with Gasteiger partial charge in [-0.2, -0.15) is 0 Å². The number of rotatable bonds is 2. The molecule has 1 aromatic heterocycles. The van der Waals surface area contributed by atoms with Gasteiger partial charge in [-0.1, -0.05) is 15.9 Å². The van der Waals surface area contributed by atoms with Crippen LogP contribution in [0, 0.1) is 0 Å². The predicted octanol–water partition coefficient (Wildman–Crippen LogP) is 4.20. The van der Waals surface area contributed by atoms with E-state index in [0.717, 1.165) is 34.8 Å². The molecule has 1 amide bonds. The Bertz CT molecular complexity index is 775. The number of anilines is 1. The van der Waals surface area contributed by atoms with Crippen LogP contribution in [0.1, 0.15) is 33.6 Å². The topological polar surface area (TPSA) is 67.3 Å². The number of hydrogen-bond acceptors (Lipinski definition) is 5. The number of halogens is 1. The molecule has 1 saturated heterocycles. The second-order valence-electron chi connectivity index (χ2n) is 7.31. The van der Waals surface area contributed by atoms with Crippen molar-refractivity contribution >= 4 is 38.9 Å². The number of piperidine rings is 1. The molecule has 1 N–H and O–H groups in total. The Morgan fingerprint density at radius 3 is 2.96 bits per heavy atom. The lowest BCUT2D eigenvalue weighted by atomic mass is 10.1. The molecule has 1 aromatic carbocycles. The number of nitrogens with one attached hydrogen (secondary N) is 1. The van der Waals surface area contributed by atoms with E-state index < -0.39 is 5.60 Å². The molecule has 1 unspecified atom stereocenters. The maximum atomic E-state index is 12.3. The summed E-state index contributed by atoms with van der Waals surface area (Å²) >= 11 is 3.45. The second kappa shape index (κ2) is 7.15. The zero-order valence-corrected chi connectivity index (χ0v) is 16.3. The number of aromatic nitrogens is 2. The highest BCUT2D eigenvalue weighted by Crippen LogP contribution is 2.20. The minimum absolute atomic E-state index is 0.120. The summed E-state index contributed by atoms with van der Waals surface area (Å²) in [5, 5.41) is 4.34. The molecule has 1 aliphatic rings. The van der Waals surface area contributed by atoms with E-state index in [-0.39, 0.29) is 12.1 Å². The molecule has 134 valence electrons. The molecule has 1 aliphatic heterocycles. The van der Waals surface area contributed by atoms with Crippen molar-refractivity contribution < 1.29 is 9.53 Å². The van der Waals surface area contributed by atoms with E-state index in [4.69, 9.17) is 4.74 Å². The summed E-state index contributed by atoms with van der Waals surface area (Å²) < 4.78 is 6.47. The number of nitrogens with zero attached hydrogens (tertiary/aromatic N) is 3. The van der Waals surface area contributed by atoms with Gasteiger partial charge in [-0.25, -0.2) is 14.8 Å². The maximum absolute atomic E-state index is 12.3. The zero-order chi connectivity index (χ0) is 18.0. The molecule has 7 heteroatoms. The van der Waals surface area contributed by atoms with Gasteiger partial charge in [0.25, 0.3) is 0 Å². The molecule has 25 heavy (non-hydrogen) atoms. The molecule has 3 rings (SSSR count). The van der Waals surface area contributed by atoms with E-state index in [2.05, 4.69) is 31.2 Å². The van der Waals surface area contributed by atoms with Crippen LogP contribution >= 0.6 is 15.9 Å². The van der Waals surface area contributed by atoms with Gasteiger partial charge < -0.3 is 15.0 Å². The molecule has 6 nitrogen and oxygen atoms in total. The zero-order valence-electron chi connectivity index (χ0n) is 14.8. The number of hydrogen-bond donors (Lipinski definition) is 1. The van der Waals surface area contributed by atoms with Crippen LogP contribution in [-0.4, -0.2) is 45.7 Å². The lowest BCUT2D eigenvalue weighted by molar-refractivity contribution is 0.0206. The van der Waals surface area contributed by atoms with Crippen molar-refractivity contribution in [2.45, 2.75) is 45.3 Å². The smallest absolute Gasteiger partial charge is 0.410 e.